The highest BCUT2D eigenvalue weighted by Gasteiger charge is 2.41. The molecule has 0 aromatic heterocycles. The van der Waals surface area contributed by atoms with E-state index in [9.17, 15) is 0 Å². The van der Waals surface area contributed by atoms with Gasteiger partial charge in [-0.05, 0) is 60.2 Å². The third kappa shape index (κ3) is 3.47. The van der Waals surface area contributed by atoms with E-state index in [1.807, 2.05) is 0 Å². The number of nitrogens with one attached hydrogen (secondary N) is 3. The predicted molar refractivity (Wildman–Crippen MR) is 88.0 cm³/mol. The standard InChI is InChI=1S/C16H33N5O/c1-11(2)21-9-5-6-13(21)16-18-15(19-22-16)12-7-8-14(17-10-12)20(3)4/h11-19H,5-10H2,1-4H3. The Kier molecular flexibility index (Phi) is 5.37. The van der Waals surface area contributed by atoms with Crippen LogP contribution in [0, 0.1) is 5.92 Å². The second kappa shape index (κ2) is 7.11. The Labute approximate surface area is 134 Å². The minimum absolute atomic E-state index is 0.126. The molecule has 0 aliphatic carbocycles. The van der Waals surface area contributed by atoms with Gasteiger partial charge in [0.2, 0.25) is 0 Å². The fourth-order valence-electron chi connectivity index (χ4n) is 4.18. The first-order valence-electron chi connectivity index (χ1n) is 8.89. The van der Waals surface area contributed by atoms with Crippen LogP contribution in [0.2, 0.25) is 0 Å². The molecule has 0 amide bonds. The zero-order valence-corrected chi connectivity index (χ0v) is 14.5. The summed E-state index contributed by atoms with van der Waals surface area (Å²) in [6, 6.07) is 1.10. The van der Waals surface area contributed by atoms with Gasteiger partial charge in [0, 0.05) is 18.5 Å². The van der Waals surface area contributed by atoms with Crippen LogP contribution in [0.3, 0.4) is 0 Å². The molecule has 0 aromatic carbocycles. The summed E-state index contributed by atoms with van der Waals surface area (Å²) < 4.78 is 0. The topological polar surface area (TPSA) is 51.8 Å². The van der Waals surface area contributed by atoms with Crippen LogP contribution in [0.25, 0.3) is 0 Å². The third-order valence-corrected chi connectivity index (χ3v) is 5.54. The van der Waals surface area contributed by atoms with Gasteiger partial charge in [-0.15, -0.1) is 0 Å². The molecular weight excluding hydrogens is 278 g/mol. The fourth-order valence-corrected chi connectivity index (χ4v) is 4.18. The van der Waals surface area contributed by atoms with E-state index in [4.69, 9.17) is 4.84 Å². The molecule has 3 fully saturated rings. The molecule has 3 N–H and O–H groups in total. The summed E-state index contributed by atoms with van der Waals surface area (Å²) in [7, 11) is 4.29. The summed E-state index contributed by atoms with van der Waals surface area (Å²) in [5.41, 5.74) is 3.27. The Morgan fingerprint density at radius 1 is 1.18 bits per heavy atom. The first-order valence-corrected chi connectivity index (χ1v) is 8.89. The van der Waals surface area contributed by atoms with Crippen molar-refractivity contribution in [1.82, 2.24) is 25.9 Å². The predicted octanol–water partition coefficient (Wildman–Crippen LogP) is 0.523. The van der Waals surface area contributed by atoms with E-state index in [1.54, 1.807) is 0 Å². The average molecular weight is 311 g/mol. The Bertz CT molecular complexity index is 356. The molecule has 0 spiro atoms. The maximum atomic E-state index is 5.92. The second-order valence-electron chi connectivity index (χ2n) is 7.57. The van der Waals surface area contributed by atoms with Crippen molar-refractivity contribution in [2.24, 2.45) is 5.92 Å². The number of nitrogens with zero attached hydrogens (tertiary/aromatic N) is 2. The summed E-state index contributed by atoms with van der Waals surface area (Å²) in [4.78, 5) is 10.8. The van der Waals surface area contributed by atoms with Crippen LogP contribution >= 0.6 is 0 Å². The van der Waals surface area contributed by atoms with Crippen molar-refractivity contribution in [3.05, 3.63) is 0 Å². The van der Waals surface area contributed by atoms with Gasteiger partial charge in [0.05, 0.1) is 18.4 Å². The lowest BCUT2D eigenvalue weighted by molar-refractivity contribution is -0.0295. The van der Waals surface area contributed by atoms with Crippen LogP contribution in [0.4, 0.5) is 0 Å². The molecule has 3 aliphatic heterocycles. The number of hydroxylamine groups is 1. The molecule has 22 heavy (non-hydrogen) atoms. The van der Waals surface area contributed by atoms with Crippen LogP contribution < -0.4 is 16.1 Å². The monoisotopic (exact) mass is 311 g/mol. The van der Waals surface area contributed by atoms with Gasteiger partial charge in [0.15, 0.2) is 0 Å². The number of hydrogen-bond acceptors (Lipinski definition) is 6. The van der Waals surface area contributed by atoms with Crippen molar-refractivity contribution >= 4 is 0 Å². The van der Waals surface area contributed by atoms with Gasteiger partial charge in [-0.2, -0.15) is 5.48 Å². The number of piperidine rings is 1. The van der Waals surface area contributed by atoms with Crippen molar-refractivity contribution in [1.29, 1.82) is 0 Å². The minimum Gasteiger partial charge on any atom is -0.301 e. The quantitative estimate of drug-likeness (QED) is 0.704. The van der Waals surface area contributed by atoms with Crippen molar-refractivity contribution in [3.63, 3.8) is 0 Å². The first kappa shape index (κ1) is 16.6. The zero-order chi connectivity index (χ0) is 15.7. The molecule has 5 atom stereocenters. The maximum Gasteiger partial charge on any atom is 0.146 e. The lowest BCUT2D eigenvalue weighted by Gasteiger charge is -2.36. The van der Waals surface area contributed by atoms with E-state index in [0.717, 1.165) is 6.54 Å². The Morgan fingerprint density at radius 3 is 2.64 bits per heavy atom. The Balaban J connectivity index is 1.50. The van der Waals surface area contributed by atoms with Crippen molar-refractivity contribution in [2.45, 2.75) is 70.2 Å². The highest BCUT2D eigenvalue weighted by molar-refractivity contribution is 4.92. The van der Waals surface area contributed by atoms with E-state index in [-0.39, 0.29) is 12.4 Å². The van der Waals surface area contributed by atoms with Crippen molar-refractivity contribution < 1.29 is 4.84 Å². The van der Waals surface area contributed by atoms with E-state index >= 15 is 0 Å². The van der Waals surface area contributed by atoms with Crippen LogP contribution in [0.1, 0.15) is 39.5 Å². The molecule has 3 saturated heterocycles. The SMILES string of the molecule is CC(C)N1CCCC1C1NC(C2CCC(N(C)C)NC2)NO1. The van der Waals surface area contributed by atoms with E-state index in [2.05, 4.69) is 53.9 Å². The number of likely N-dealkylation sites (tertiary alicyclic amines) is 1. The summed E-state index contributed by atoms with van der Waals surface area (Å²) in [5.74, 6) is 0.593. The molecule has 128 valence electrons. The van der Waals surface area contributed by atoms with Gasteiger partial charge < -0.3 is 5.32 Å². The molecule has 3 rings (SSSR count). The molecule has 0 aromatic rings. The minimum atomic E-state index is 0.126. The maximum absolute atomic E-state index is 5.92. The molecule has 0 saturated carbocycles. The van der Waals surface area contributed by atoms with Gasteiger partial charge in [-0.3, -0.25) is 20.0 Å². The van der Waals surface area contributed by atoms with Crippen LogP contribution in [-0.4, -0.2) is 67.6 Å². The highest BCUT2D eigenvalue weighted by Crippen LogP contribution is 2.27. The average Bonchev–Trinajstić information content (AvgIpc) is 3.16. The molecule has 6 nitrogen and oxygen atoms in total. The Morgan fingerprint density at radius 2 is 2.00 bits per heavy atom. The smallest absolute Gasteiger partial charge is 0.146 e. The largest absolute Gasteiger partial charge is 0.301 e. The van der Waals surface area contributed by atoms with Crippen LogP contribution in [-0.2, 0) is 4.84 Å². The van der Waals surface area contributed by atoms with E-state index < -0.39 is 0 Å². The van der Waals surface area contributed by atoms with Crippen molar-refractivity contribution in [2.75, 3.05) is 27.2 Å². The molecule has 0 radical (unpaired) electrons. The molecule has 3 aliphatic rings. The lowest BCUT2D eigenvalue weighted by atomic mass is 9.94. The highest BCUT2D eigenvalue weighted by atomic mass is 16.7. The molecule has 5 unspecified atom stereocenters. The van der Waals surface area contributed by atoms with Gasteiger partial charge in [-0.25, -0.2) is 0 Å². The normalized spacial score (nSPS) is 40.9. The van der Waals surface area contributed by atoms with Gasteiger partial charge in [-0.1, -0.05) is 0 Å². The fraction of sp³-hybridized carbons (Fsp3) is 1.00. The molecule has 3 heterocycles. The van der Waals surface area contributed by atoms with Gasteiger partial charge in [0.25, 0.3) is 0 Å². The first-order chi connectivity index (χ1) is 10.6. The second-order valence-corrected chi connectivity index (χ2v) is 7.57. The molecular formula is C16H33N5O. The lowest BCUT2D eigenvalue weighted by Crippen LogP contribution is -2.54. The van der Waals surface area contributed by atoms with Gasteiger partial charge in [0.1, 0.15) is 6.23 Å². The number of rotatable bonds is 4. The summed E-state index contributed by atoms with van der Waals surface area (Å²) in [5, 5.41) is 7.34. The summed E-state index contributed by atoms with van der Waals surface area (Å²) in [6.45, 7) is 6.81. The van der Waals surface area contributed by atoms with Gasteiger partial charge >= 0.3 is 0 Å². The van der Waals surface area contributed by atoms with E-state index in [1.165, 1.54) is 32.2 Å². The zero-order valence-electron chi connectivity index (χ0n) is 14.5. The van der Waals surface area contributed by atoms with E-state index in [0.29, 0.717) is 24.2 Å². The third-order valence-electron chi connectivity index (χ3n) is 5.54. The van der Waals surface area contributed by atoms with Crippen molar-refractivity contribution in [3.8, 4) is 0 Å². The van der Waals surface area contributed by atoms with Crippen LogP contribution in [0.15, 0.2) is 0 Å². The van der Waals surface area contributed by atoms with Crippen LogP contribution in [0.5, 0.6) is 0 Å². The molecule has 0 bridgehead atoms. The Hall–Kier alpha value is -0.240. The summed E-state index contributed by atoms with van der Waals surface area (Å²) in [6.07, 6.45) is 5.86. The molecule has 6 heteroatoms. The number of hydrogen-bond donors (Lipinski definition) is 3. The summed E-state index contributed by atoms with van der Waals surface area (Å²) >= 11 is 0.